The van der Waals surface area contributed by atoms with E-state index in [1.165, 1.54) is 47.2 Å². The summed E-state index contributed by atoms with van der Waals surface area (Å²) in [4.78, 5) is 0. The second-order valence-electron chi connectivity index (χ2n) is 9.09. The van der Waals surface area contributed by atoms with Crippen LogP contribution < -0.4 is 0 Å². The lowest BCUT2D eigenvalue weighted by atomic mass is 9.70. The van der Waals surface area contributed by atoms with Gasteiger partial charge in [0.1, 0.15) is 6.04 Å². The molecule has 0 saturated heterocycles. The summed E-state index contributed by atoms with van der Waals surface area (Å²) in [5, 5.41) is 0. The van der Waals surface area contributed by atoms with Crippen molar-refractivity contribution in [3.63, 3.8) is 0 Å². The van der Waals surface area contributed by atoms with Crippen LogP contribution in [0.15, 0.2) is 6.07 Å². The molecule has 0 radical (unpaired) electrons. The molecule has 4 rings (SSSR count). The van der Waals surface area contributed by atoms with Gasteiger partial charge in [-0.3, -0.25) is 0 Å². The minimum atomic E-state index is 0.603. The van der Waals surface area contributed by atoms with Crippen LogP contribution in [0.2, 0.25) is 0 Å². The number of benzene rings is 2. The van der Waals surface area contributed by atoms with Gasteiger partial charge in [0.25, 0.3) is 0 Å². The lowest BCUT2D eigenvalue weighted by Gasteiger charge is -2.47. The van der Waals surface area contributed by atoms with Crippen LogP contribution in [0.25, 0.3) is 11.1 Å². The first kappa shape index (κ1) is 16.8. The molecular weight excluding hydrogens is 302 g/mol. The Morgan fingerprint density at radius 1 is 0.800 bits per heavy atom. The molecule has 1 atom stereocenters. The van der Waals surface area contributed by atoms with Crippen LogP contribution in [-0.2, 0) is 12.8 Å². The number of aryl methyl sites for hydroxylation is 1. The molecule has 0 spiro atoms. The molecule has 0 aromatic heterocycles. The van der Waals surface area contributed by atoms with Crippen molar-refractivity contribution >= 4 is 0 Å². The van der Waals surface area contributed by atoms with Crippen LogP contribution in [0.4, 0.5) is 0 Å². The Labute approximate surface area is 153 Å². The first-order valence-corrected chi connectivity index (χ1v) is 9.70. The molecule has 2 aromatic rings. The topological polar surface area (TPSA) is 0 Å². The van der Waals surface area contributed by atoms with Gasteiger partial charge in [0.05, 0.1) is 20.6 Å². The van der Waals surface area contributed by atoms with Crippen LogP contribution in [0.1, 0.15) is 56.1 Å². The third kappa shape index (κ3) is 2.11. The molecule has 1 heterocycles. The predicted molar refractivity (Wildman–Crippen MR) is 107 cm³/mol. The van der Waals surface area contributed by atoms with E-state index in [0.717, 1.165) is 4.48 Å². The largest absolute Gasteiger partial charge is 0.322 e. The molecule has 1 aliphatic heterocycles. The number of hydrogen-bond acceptors (Lipinski definition) is 0. The highest BCUT2D eigenvalue weighted by atomic mass is 15.3. The molecule has 0 N–H and O–H groups in total. The number of hydrogen-bond donors (Lipinski definition) is 0. The number of fused-ring (bicyclic) bond motifs is 2. The van der Waals surface area contributed by atoms with E-state index < -0.39 is 0 Å². The smallest absolute Gasteiger partial charge is 0.119 e. The van der Waals surface area contributed by atoms with Crippen molar-refractivity contribution in [1.82, 2.24) is 0 Å². The van der Waals surface area contributed by atoms with E-state index in [-0.39, 0.29) is 0 Å². The number of likely N-dealkylation sites (N-methyl/N-ethyl adjacent to an activating group) is 1. The monoisotopic (exact) mass is 334 g/mol. The molecule has 0 saturated carbocycles. The van der Waals surface area contributed by atoms with Crippen molar-refractivity contribution in [2.45, 2.75) is 60.4 Å². The van der Waals surface area contributed by atoms with Crippen molar-refractivity contribution in [3.8, 4) is 11.1 Å². The van der Waals surface area contributed by atoms with Gasteiger partial charge >= 0.3 is 0 Å². The van der Waals surface area contributed by atoms with Crippen LogP contribution in [-0.4, -0.2) is 25.1 Å². The maximum Gasteiger partial charge on any atom is 0.119 e. The fraction of sp³-hybridized carbons (Fsp3) is 0.500. The fourth-order valence-corrected chi connectivity index (χ4v) is 5.40. The molecule has 1 aliphatic carbocycles. The number of quaternary nitrogens is 1. The first-order chi connectivity index (χ1) is 11.6. The molecule has 25 heavy (non-hydrogen) atoms. The van der Waals surface area contributed by atoms with Crippen LogP contribution in [0.5, 0.6) is 0 Å². The van der Waals surface area contributed by atoms with Crippen LogP contribution >= 0.6 is 0 Å². The zero-order valence-electron chi connectivity index (χ0n) is 17.2. The highest BCUT2D eigenvalue weighted by Gasteiger charge is 2.43. The van der Waals surface area contributed by atoms with Gasteiger partial charge in [-0.2, -0.15) is 0 Å². The van der Waals surface area contributed by atoms with E-state index in [9.17, 15) is 0 Å². The van der Waals surface area contributed by atoms with Gasteiger partial charge < -0.3 is 4.48 Å². The zero-order chi connectivity index (χ0) is 18.3. The third-order valence-corrected chi connectivity index (χ3v) is 7.57. The van der Waals surface area contributed by atoms with Gasteiger partial charge in [0.15, 0.2) is 0 Å². The molecule has 2 aromatic carbocycles. The molecule has 1 heteroatoms. The lowest BCUT2D eigenvalue weighted by Crippen LogP contribution is -2.50. The maximum absolute atomic E-state index is 2.48. The summed E-state index contributed by atoms with van der Waals surface area (Å²) in [6.07, 6.45) is 2.41. The van der Waals surface area contributed by atoms with Gasteiger partial charge in [-0.15, -0.1) is 0 Å². The Bertz CT molecular complexity index is 915. The van der Waals surface area contributed by atoms with Gasteiger partial charge in [-0.05, 0) is 97.2 Å². The van der Waals surface area contributed by atoms with Gasteiger partial charge in [-0.25, -0.2) is 0 Å². The van der Waals surface area contributed by atoms with E-state index in [4.69, 9.17) is 0 Å². The summed E-state index contributed by atoms with van der Waals surface area (Å²) in [6.45, 7) is 15.2. The van der Waals surface area contributed by atoms with Crippen LogP contribution in [0, 0.1) is 41.5 Å². The molecule has 132 valence electrons. The van der Waals surface area contributed by atoms with Gasteiger partial charge in [0, 0.05) is 18.4 Å². The molecule has 0 bridgehead atoms. The van der Waals surface area contributed by atoms with Crippen molar-refractivity contribution in [2.24, 2.45) is 0 Å². The molecule has 1 unspecified atom stereocenters. The molecule has 0 fully saturated rings. The fourth-order valence-electron chi connectivity index (χ4n) is 5.40. The number of nitrogens with zero attached hydrogens (tertiary/aromatic N) is 1. The minimum Gasteiger partial charge on any atom is -0.322 e. The minimum absolute atomic E-state index is 0.603. The van der Waals surface area contributed by atoms with Gasteiger partial charge in [-0.1, -0.05) is 6.07 Å². The van der Waals surface area contributed by atoms with E-state index in [1.807, 2.05) is 0 Å². The molecule has 1 nitrogen and oxygen atoms in total. The second kappa shape index (κ2) is 5.20. The summed E-state index contributed by atoms with van der Waals surface area (Å²) < 4.78 is 1.12. The quantitative estimate of drug-likeness (QED) is 0.563. The Hall–Kier alpha value is -1.60. The van der Waals surface area contributed by atoms with E-state index in [2.05, 4.69) is 61.7 Å². The van der Waals surface area contributed by atoms with Gasteiger partial charge in [0.2, 0.25) is 0 Å². The summed E-state index contributed by atoms with van der Waals surface area (Å²) >= 11 is 0. The van der Waals surface area contributed by atoms with Crippen molar-refractivity contribution < 1.29 is 4.48 Å². The Balaban J connectivity index is 2.18. The standard InChI is InChI=1S/C24H32N/c1-13-11-19-12-21-24-20(9-10-25(21,7)8)16(4)15(3)18(6)23(24)22(19)17(5)14(13)2/h11,21H,9-10,12H2,1-8H3/q+1. The normalized spacial score (nSPS) is 20.2. The summed E-state index contributed by atoms with van der Waals surface area (Å²) in [6, 6.07) is 3.08. The maximum atomic E-state index is 2.48. The van der Waals surface area contributed by atoms with E-state index in [1.54, 1.807) is 33.4 Å². The Morgan fingerprint density at radius 2 is 1.44 bits per heavy atom. The SMILES string of the molecule is Cc1cc2c(c(C)c1C)-c1c(C)c(C)c(C)c3c1C(C2)[N+](C)(C)CC3. The average molecular weight is 335 g/mol. The number of rotatable bonds is 0. The molecule has 2 aliphatic rings. The van der Waals surface area contributed by atoms with E-state index >= 15 is 0 Å². The summed E-state index contributed by atoms with van der Waals surface area (Å²) in [7, 11) is 4.86. The van der Waals surface area contributed by atoms with E-state index in [0.29, 0.717) is 6.04 Å². The molecular formula is C24H32N+. The van der Waals surface area contributed by atoms with Crippen molar-refractivity contribution in [1.29, 1.82) is 0 Å². The first-order valence-electron chi connectivity index (χ1n) is 9.70. The average Bonchev–Trinajstić information content (AvgIpc) is 2.56. The Morgan fingerprint density at radius 3 is 2.12 bits per heavy atom. The lowest BCUT2D eigenvalue weighted by molar-refractivity contribution is -0.923. The third-order valence-electron chi connectivity index (χ3n) is 7.57. The Kier molecular flexibility index (Phi) is 3.51. The molecule has 0 amide bonds. The predicted octanol–water partition coefficient (Wildman–Crippen LogP) is 5.43. The van der Waals surface area contributed by atoms with Crippen LogP contribution in [0.3, 0.4) is 0 Å². The zero-order valence-corrected chi connectivity index (χ0v) is 17.2. The summed E-state index contributed by atoms with van der Waals surface area (Å²) in [5.41, 5.74) is 17.0. The van der Waals surface area contributed by atoms with Crippen molar-refractivity contribution in [2.75, 3.05) is 20.6 Å². The van der Waals surface area contributed by atoms with Crippen molar-refractivity contribution in [3.05, 3.63) is 56.1 Å². The second-order valence-corrected chi connectivity index (χ2v) is 9.09. The highest BCUT2D eigenvalue weighted by Crippen LogP contribution is 2.51. The highest BCUT2D eigenvalue weighted by molar-refractivity contribution is 5.83. The summed E-state index contributed by atoms with van der Waals surface area (Å²) in [5.74, 6) is 0.